The molecule has 0 unspecified atom stereocenters. The molecular weight excluding hydrogens is 320 g/mol. The third kappa shape index (κ3) is 3.51. The second-order valence-electron chi connectivity index (χ2n) is 6.11. The second kappa shape index (κ2) is 7.18. The highest BCUT2D eigenvalue weighted by Gasteiger charge is 2.27. The SMILES string of the molecule is C[C@@H](C(=O)Nc1ccccc1C[S@](C)=O)N1CCc2ccccc21. The highest BCUT2D eigenvalue weighted by atomic mass is 32.2. The molecule has 0 spiro atoms. The zero-order valence-corrected chi connectivity index (χ0v) is 14.8. The number of carbonyl (C=O) groups excluding carboxylic acids is 1. The molecule has 0 saturated carbocycles. The Labute approximate surface area is 145 Å². The normalized spacial score (nSPS) is 15.7. The molecule has 2 aromatic carbocycles. The average molecular weight is 342 g/mol. The first-order chi connectivity index (χ1) is 11.6. The van der Waals surface area contributed by atoms with Gasteiger partial charge in [0.15, 0.2) is 0 Å². The van der Waals surface area contributed by atoms with E-state index < -0.39 is 10.8 Å². The highest BCUT2D eigenvalue weighted by Crippen LogP contribution is 2.29. The van der Waals surface area contributed by atoms with Crippen molar-refractivity contribution in [2.75, 3.05) is 23.0 Å². The molecule has 1 aliphatic heterocycles. The molecule has 2 aromatic rings. The number of hydrogen-bond donors (Lipinski definition) is 1. The number of benzene rings is 2. The molecule has 1 aliphatic rings. The molecule has 1 amide bonds. The first kappa shape index (κ1) is 16.7. The average Bonchev–Trinajstić information content (AvgIpc) is 2.99. The minimum absolute atomic E-state index is 0.0407. The van der Waals surface area contributed by atoms with Gasteiger partial charge >= 0.3 is 0 Å². The quantitative estimate of drug-likeness (QED) is 0.909. The summed E-state index contributed by atoms with van der Waals surface area (Å²) in [5.74, 6) is 0.401. The molecule has 0 fully saturated rings. The van der Waals surface area contributed by atoms with Crippen LogP contribution in [-0.2, 0) is 27.8 Å². The van der Waals surface area contributed by atoms with E-state index in [1.54, 1.807) is 6.26 Å². The molecule has 24 heavy (non-hydrogen) atoms. The van der Waals surface area contributed by atoms with E-state index in [1.165, 1.54) is 5.56 Å². The lowest BCUT2D eigenvalue weighted by Crippen LogP contribution is -2.41. The molecule has 0 saturated heterocycles. The van der Waals surface area contributed by atoms with Gasteiger partial charge in [-0.3, -0.25) is 9.00 Å². The summed E-state index contributed by atoms with van der Waals surface area (Å²) in [6.45, 7) is 2.78. The largest absolute Gasteiger partial charge is 0.359 e. The topological polar surface area (TPSA) is 49.4 Å². The molecule has 2 atom stereocenters. The first-order valence-corrected chi connectivity index (χ1v) is 9.82. The molecular formula is C19H22N2O2S. The molecule has 0 bridgehead atoms. The second-order valence-corrected chi connectivity index (χ2v) is 7.55. The lowest BCUT2D eigenvalue weighted by molar-refractivity contribution is -0.117. The van der Waals surface area contributed by atoms with Crippen LogP contribution < -0.4 is 10.2 Å². The summed E-state index contributed by atoms with van der Waals surface area (Å²) in [5, 5.41) is 3.01. The van der Waals surface area contributed by atoms with Crippen molar-refractivity contribution in [1.82, 2.24) is 0 Å². The van der Waals surface area contributed by atoms with Gasteiger partial charge in [-0.05, 0) is 36.6 Å². The van der Waals surface area contributed by atoms with Crippen LogP contribution in [-0.4, -0.2) is 29.0 Å². The number of nitrogens with zero attached hydrogens (tertiary/aromatic N) is 1. The molecule has 5 heteroatoms. The number of hydrogen-bond acceptors (Lipinski definition) is 3. The maximum atomic E-state index is 12.7. The van der Waals surface area contributed by atoms with Crippen molar-refractivity contribution in [2.45, 2.75) is 25.1 Å². The number of anilines is 2. The van der Waals surface area contributed by atoms with E-state index >= 15 is 0 Å². The lowest BCUT2D eigenvalue weighted by Gasteiger charge is -2.26. The summed E-state index contributed by atoms with van der Waals surface area (Å²) in [4.78, 5) is 14.9. The van der Waals surface area contributed by atoms with Gasteiger partial charge in [-0.15, -0.1) is 0 Å². The monoisotopic (exact) mass is 342 g/mol. The van der Waals surface area contributed by atoms with Crippen LogP contribution in [0.1, 0.15) is 18.1 Å². The molecule has 1 N–H and O–H groups in total. The molecule has 0 radical (unpaired) electrons. The van der Waals surface area contributed by atoms with Crippen molar-refractivity contribution in [1.29, 1.82) is 0 Å². The standard InChI is InChI=1S/C19H22N2O2S/c1-14(21-12-11-15-7-4-6-10-18(15)21)19(22)20-17-9-5-3-8-16(17)13-24(2)23/h3-10,14H,11-13H2,1-2H3,(H,20,22)/t14-,24-/m0/s1. The van der Waals surface area contributed by atoms with Gasteiger partial charge in [0.25, 0.3) is 0 Å². The maximum Gasteiger partial charge on any atom is 0.246 e. The van der Waals surface area contributed by atoms with Crippen molar-refractivity contribution in [3.8, 4) is 0 Å². The van der Waals surface area contributed by atoms with Crippen molar-refractivity contribution in [3.05, 3.63) is 59.7 Å². The van der Waals surface area contributed by atoms with E-state index in [1.807, 2.05) is 43.3 Å². The molecule has 126 valence electrons. The van der Waals surface area contributed by atoms with E-state index in [0.29, 0.717) is 5.75 Å². The number of nitrogens with one attached hydrogen (secondary N) is 1. The Morgan fingerprint density at radius 1 is 1.21 bits per heavy atom. The zero-order valence-electron chi connectivity index (χ0n) is 14.0. The Hall–Kier alpha value is -2.14. The van der Waals surface area contributed by atoms with E-state index in [0.717, 1.165) is 29.9 Å². The van der Waals surface area contributed by atoms with Gasteiger partial charge < -0.3 is 10.2 Å². The van der Waals surface area contributed by atoms with Crippen LogP contribution in [0.5, 0.6) is 0 Å². The smallest absolute Gasteiger partial charge is 0.246 e. The fraction of sp³-hybridized carbons (Fsp3) is 0.316. The number of para-hydroxylation sites is 2. The minimum Gasteiger partial charge on any atom is -0.359 e. The van der Waals surface area contributed by atoms with Crippen molar-refractivity contribution in [2.24, 2.45) is 0 Å². The first-order valence-electron chi connectivity index (χ1n) is 8.09. The third-order valence-corrected chi connectivity index (χ3v) is 5.12. The van der Waals surface area contributed by atoms with Crippen LogP contribution in [0.3, 0.4) is 0 Å². The maximum absolute atomic E-state index is 12.7. The predicted octanol–water partition coefficient (Wildman–Crippen LogP) is 2.95. The highest BCUT2D eigenvalue weighted by molar-refractivity contribution is 7.83. The van der Waals surface area contributed by atoms with Crippen molar-refractivity contribution < 1.29 is 9.00 Å². The van der Waals surface area contributed by atoms with Gasteiger partial charge in [0.05, 0.1) is 5.75 Å². The molecule has 0 aliphatic carbocycles. The van der Waals surface area contributed by atoms with Gasteiger partial charge in [0.1, 0.15) is 6.04 Å². The third-order valence-electron chi connectivity index (χ3n) is 4.40. The molecule has 4 nitrogen and oxygen atoms in total. The van der Waals surface area contributed by atoms with Crippen LogP contribution in [0.4, 0.5) is 11.4 Å². The number of amides is 1. The Morgan fingerprint density at radius 2 is 1.92 bits per heavy atom. The van der Waals surface area contributed by atoms with Crippen molar-refractivity contribution >= 4 is 28.1 Å². The molecule has 1 heterocycles. The van der Waals surface area contributed by atoms with E-state index in [2.05, 4.69) is 22.3 Å². The van der Waals surface area contributed by atoms with E-state index in [9.17, 15) is 9.00 Å². The Bertz CT molecular complexity index is 775. The molecule has 3 rings (SSSR count). The van der Waals surface area contributed by atoms with E-state index in [4.69, 9.17) is 0 Å². The van der Waals surface area contributed by atoms with Crippen molar-refractivity contribution in [3.63, 3.8) is 0 Å². The van der Waals surface area contributed by atoms with Gasteiger partial charge in [-0.25, -0.2) is 0 Å². The van der Waals surface area contributed by atoms with Gasteiger partial charge in [0.2, 0.25) is 5.91 Å². The minimum atomic E-state index is -0.946. The van der Waals surface area contributed by atoms with Gasteiger partial charge in [-0.2, -0.15) is 0 Å². The van der Waals surface area contributed by atoms with Gasteiger partial charge in [-0.1, -0.05) is 36.4 Å². The predicted molar refractivity (Wildman–Crippen MR) is 99.8 cm³/mol. The number of carbonyl (C=O) groups is 1. The van der Waals surface area contributed by atoms with Crippen LogP contribution in [0.15, 0.2) is 48.5 Å². The van der Waals surface area contributed by atoms with E-state index in [-0.39, 0.29) is 11.9 Å². The van der Waals surface area contributed by atoms with Crippen LogP contribution >= 0.6 is 0 Å². The molecule has 0 aromatic heterocycles. The summed E-state index contributed by atoms with van der Waals surface area (Å²) in [6, 6.07) is 15.5. The summed E-state index contributed by atoms with van der Waals surface area (Å²) in [7, 11) is -0.946. The Balaban J connectivity index is 1.75. The summed E-state index contributed by atoms with van der Waals surface area (Å²) in [6.07, 6.45) is 2.64. The summed E-state index contributed by atoms with van der Waals surface area (Å²) in [5.41, 5.74) is 4.08. The Morgan fingerprint density at radius 3 is 2.71 bits per heavy atom. The zero-order chi connectivity index (χ0) is 17.1. The van der Waals surface area contributed by atoms with Gasteiger partial charge in [0, 0.05) is 35.0 Å². The summed E-state index contributed by atoms with van der Waals surface area (Å²) >= 11 is 0. The van der Waals surface area contributed by atoms with Crippen LogP contribution in [0.2, 0.25) is 0 Å². The van der Waals surface area contributed by atoms with Crippen LogP contribution in [0, 0.1) is 0 Å². The fourth-order valence-corrected chi connectivity index (χ4v) is 3.82. The Kier molecular flexibility index (Phi) is 5.00. The lowest BCUT2D eigenvalue weighted by atomic mass is 10.1. The van der Waals surface area contributed by atoms with Crippen LogP contribution in [0.25, 0.3) is 0 Å². The summed E-state index contributed by atoms with van der Waals surface area (Å²) < 4.78 is 11.5. The number of rotatable bonds is 5. The number of fused-ring (bicyclic) bond motifs is 1. The fourth-order valence-electron chi connectivity index (χ4n) is 3.13.